The van der Waals surface area contributed by atoms with Crippen molar-refractivity contribution in [3.05, 3.63) is 0 Å². The van der Waals surface area contributed by atoms with Crippen LogP contribution in [0.5, 0.6) is 0 Å². The summed E-state index contributed by atoms with van der Waals surface area (Å²) in [5.74, 6) is 0. The Morgan fingerprint density at radius 2 is 2.12 bits per heavy atom. The largest absolute Gasteiger partial charge is 0.444 e. The normalized spacial score (nSPS) is 25.9. The van der Waals surface area contributed by atoms with Crippen molar-refractivity contribution in [1.29, 1.82) is 0 Å². The molecule has 0 aliphatic carbocycles. The lowest BCUT2D eigenvalue weighted by molar-refractivity contribution is 0.0149. The van der Waals surface area contributed by atoms with Crippen molar-refractivity contribution in [1.82, 2.24) is 4.90 Å². The zero-order valence-corrected chi connectivity index (χ0v) is 11.9. The molecule has 0 N–H and O–H groups in total. The number of likely N-dealkylation sites (tertiary alicyclic amines) is 1. The van der Waals surface area contributed by atoms with Gasteiger partial charge in [0.1, 0.15) is 5.60 Å². The Balaban J connectivity index is 2.59. The Morgan fingerprint density at radius 1 is 1.50 bits per heavy atom. The fraction of sp³-hybridized carbons (Fsp3) is 0.909. The maximum Gasteiger partial charge on any atom is 0.410 e. The molecule has 1 aliphatic heterocycles. The second-order valence-corrected chi connectivity index (χ2v) is 6.37. The zero-order valence-electron chi connectivity index (χ0n) is 10.3. The molecule has 1 aliphatic rings. The molecule has 1 saturated heterocycles. The maximum absolute atomic E-state index is 11.9. The third-order valence-corrected chi connectivity index (χ3v) is 3.01. The Labute approximate surface area is 105 Å². The van der Waals surface area contributed by atoms with Crippen LogP contribution in [0.1, 0.15) is 27.2 Å². The van der Waals surface area contributed by atoms with E-state index in [0.717, 1.165) is 6.42 Å². The van der Waals surface area contributed by atoms with E-state index in [-0.39, 0.29) is 12.1 Å². The number of hydrogen-bond acceptors (Lipinski definition) is 3. The number of nitrogens with zero attached hydrogens (tertiary/aromatic N) is 1. The monoisotopic (exact) mass is 293 g/mol. The van der Waals surface area contributed by atoms with E-state index >= 15 is 0 Å². The standard InChI is InChI=1S/C11H20BrNO3/c1-11(2,3)16-10(14)13-6-8(12)5-9(13)7-15-4/h8-9H,5-7H2,1-4H3. The minimum Gasteiger partial charge on any atom is -0.444 e. The number of carbonyl (C=O) groups is 1. The van der Waals surface area contributed by atoms with Crippen molar-refractivity contribution in [2.24, 2.45) is 0 Å². The summed E-state index contributed by atoms with van der Waals surface area (Å²) in [5, 5.41) is 0. The molecule has 1 heterocycles. The Morgan fingerprint density at radius 3 is 2.62 bits per heavy atom. The molecule has 1 rings (SSSR count). The molecular weight excluding hydrogens is 274 g/mol. The summed E-state index contributed by atoms with van der Waals surface area (Å²) in [5.41, 5.74) is -0.445. The summed E-state index contributed by atoms with van der Waals surface area (Å²) < 4.78 is 10.5. The van der Waals surface area contributed by atoms with Crippen LogP contribution in [-0.4, -0.2) is 47.7 Å². The van der Waals surface area contributed by atoms with Crippen LogP contribution in [0.15, 0.2) is 0 Å². The molecule has 1 amide bonds. The summed E-state index contributed by atoms with van der Waals surface area (Å²) >= 11 is 3.53. The smallest absolute Gasteiger partial charge is 0.410 e. The fourth-order valence-corrected chi connectivity index (χ4v) is 2.50. The minimum atomic E-state index is -0.445. The molecule has 1 fully saturated rings. The number of carbonyl (C=O) groups excluding carboxylic acids is 1. The molecule has 2 unspecified atom stereocenters. The average Bonchev–Trinajstić information content (AvgIpc) is 2.44. The molecule has 16 heavy (non-hydrogen) atoms. The van der Waals surface area contributed by atoms with E-state index in [1.54, 1.807) is 12.0 Å². The van der Waals surface area contributed by atoms with Crippen LogP contribution in [0, 0.1) is 0 Å². The van der Waals surface area contributed by atoms with E-state index in [1.165, 1.54) is 0 Å². The van der Waals surface area contributed by atoms with Gasteiger partial charge in [0.15, 0.2) is 0 Å². The minimum absolute atomic E-state index is 0.115. The van der Waals surface area contributed by atoms with E-state index in [9.17, 15) is 4.79 Å². The SMILES string of the molecule is COCC1CC(Br)CN1C(=O)OC(C)(C)C. The van der Waals surface area contributed by atoms with Gasteiger partial charge in [0.05, 0.1) is 12.6 Å². The van der Waals surface area contributed by atoms with Crippen molar-refractivity contribution in [3.63, 3.8) is 0 Å². The van der Waals surface area contributed by atoms with Gasteiger partial charge in [0, 0.05) is 18.5 Å². The van der Waals surface area contributed by atoms with Crippen molar-refractivity contribution >= 4 is 22.0 Å². The molecular formula is C11H20BrNO3. The highest BCUT2D eigenvalue weighted by atomic mass is 79.9. The summed E-state index contributed by atoms with van der Waals surface area (Å²) in [7, 11) is 1.65. The predicted octanol–water partition coefficient (Wildman–Crippen LogP) is 2.41. The predicted molar refractivity (Wildman–Crippen MR) is 65.9 cm³/mol. The first-order chi connectivity index (χ1) is 7.33. The van der Waals surface area contributed by atoms with Crippen LogP contribution >= 0.6 is 15.9 Å². The second kappa shape index (κ2) is 5.36. The summed E-state index contributed by atoms with van der Waals surface area (Å²) in [6.45, 7) is 6.86. The van der Waals surface area contributed by atoms with Gasteiger partial charge < -0.3 is 14.4 Å². The first-order valence-corrected chi connectivity index (χ1v) is 6.37. The molecule has 0 aromatic rings. The zero-order chi connectivity index (χ0) is 12.3. The highest BCUT2D eigenvalue weighted by molar-refractivity contribution is 9.09. The van der Waals surface area contributed by atoms with Gasteiger partial charge in [-0.2, -0.15) is 0 Å². The van der Waals surface area contributed by atoms with Gasteiger partial charge in [-0.15, -0.1) is 0 Å². The highest BCUT2D eigenvalue weighted by Crippen LogP contribution is 2.25. The Hall–Kier alpha value is -0.290. The number of methoxy groups -OCH3 is 1. The van der Waals surface area contributed by atoms with E-state index in [2.05, 4.69) is 15.9 Å². The number of rotatable bonds is 2. The van der Waals surface area contributed by atoms with Crippen LogP contribution in [0.4, 0.5) is 4.79 Å². The number of halogens is 1. The molecule has 5 heteroatoms. The first-order valence-electron chi connectivity index (χ1n) is 5.46. The van der Waals surface area contributed by atoms with Gasteiger partial charge in [0.2, 0.25) is 0 Å². The van der Waals surface area contributed by atoms with Gasteiger partial charge in [0.25, 0.3) is 0 Å². The summed E-state index contributed by atoms with van der Waals surface area (Å²) in [6, 6.07) is 0.115. The van der Waals surface area contributed by atoms with Crippen LogP contribution in [-0.2, 0) is 9.47 Å². The topological polar surface area (TPSA) is 38.8 Å². The van der Waals surface area contributed by atoms with E-state index in [1.807, 2.05) is 20.8 Å². The second-order valence-electron chi connectivity index (χ2n) is 5.07. The number of amides is 1. The number of ether oxygens (including phenoxy) is 2. The molecule has 0 saturated carbocycles. The maximum atomic E-state index is 11.9. The number of hydrogen-bond donors (Lipinski definition) is 0. The lowest BCUT2D eigenvalue weighted by Crippen LogP contribution is -2.41. The van der Waals surface area contributed by atoms with Gasteiger partial charge >= 0.3 is 6.09 Å². The quantitative estimate of drug-likeness (QED) is 0.734. The van der Waals surface area contributed by atoms with Gasteiger partial charge in [-0.3, -0.25) is 0 Å². The summed E-state index contributed by atoms with van der Waals surface area (Å²) in [4.78, 5) is 14.0. The van der Waals surface area contributed by atoms with Crippen LogP contribution in [0.3, 0.4) is 0 Å². The lowest BCUT2D eigenvalue weighted by atomic mass is 10.2. The average molecular weight is 294 g/mol. The van der Waals surface area contributed by atoms with Crippen molar-refractivity contribution in [3.8, 4) is 0 Å². The van der Waals surface area contributed by atoms with Gasteiger partial charge in [-0.1, -0.05) is 15.9 Å². The molecule has 0 radical (unpaired) electrons. The number of alkyl halides is 1. The van der Waals surface area contributed by atoms with Crippen molar-refractivity contribution in [2.75, 3.05) is 20.3 Å². The lowest BCUT2D eigenvalue weighted by Gasteiger charge is -2.28. The van der Waals surface area contributed by atoms with Crippen LogP contribution in [0.2, 0.25) is 0 Å². The van der Waals surface area contributed by atoms with E-state index in [0.29, 0.717) is 18.0 Å². The molecule has 4 nitrogen and oxygen atoms in total. The van der Waals surface area contributed by atoms with Crippen LogP contribution in [0.25, 0.3) is 0 Å². The van der Waals surface area contributed by atoms with Crippen molar-refractivity contribution in [2.45, 2.75) is 43.7 Å². The molecule has 0 aromatic heterocycles. The molecule has 94 valence electrons. The fourth-order valence-electron chi connectivity index (χ4n) is 1.75. The van der Waals surface area contributed by atoms with E-state index in [4.69, 9.17) is 9.47 Å². The highest BCUT2D eigenvalue weighted by Gasteiger charge is 2.36. The molecule has 0 aromatic carbocycles. The molecule has 0 bridgehead atoms. The van der Waals surface area contributed by atoms with E-state index < -0.39 is 5.60 Å². The van der Waals surface area contributed by atoms with Gasteiger partial charge in [-0.25, -0.2) is 4.79 Å². The third kappa shape index (κ3) is 3.94. The summed E-state index contributed by atoms with van der Waals surface area (Å²) in [6.07, 6.45) is 0.657. The van der Waals surface area contributed by atoms with Crippen molar-refractivity contribution < 1.29 is 14.3 Å². The Bertz CT molecular complexity index is 252. The first kappa shape index (κ1) is 13.8. The van der Waals surface area contributed by atoms with Gasteiger partial charge in [-0.05, 0) is 27.2 Å². The molecule has 0 spiro atoms. The third-order valence-electron chi connectivity index (χ3n) is 2.35. The van der Waals surface area contributed by atoms with Crippen LogP contribution < -0.4 is 0 Å². The molecule has 2 atom stereocenters. The Kier molecular flexibility index (Phi) is 4.62.